The van der Waals surface area contributed by atoms with Gasteiger partial charge in [0.2, 0.25) is 5.82 Å². The summed E-state index contributed by atoms with van der Waals surface area (Å²) in [7, 11) is 1.39. The van der Waals surface area contributed by atoms with Crippen LogP contribution < -0.4 is 5.32 Å². The minimum absolute atomic E-state index is 0.1000. The second kappa shape index (κ2) is 6.85. The minimum atomic E-state index is -0.992. The van der Waals surface area contributed by atoms with Gasteiger partial charge in [0.25, 0.3) is 0 Å². The van der Waals surface area contributed by atoms with Crippen molar-refractivity contribution in [1.82, 2.24) is 9.78 Å². The number of nitrogens with one attached hydrogen (secondary N) is 1. The third-order valence-corrected chi connectivity index (χ3v) is 2.81. The first-order valence-corrected chi connectivity index (χ1v) is 6.10. The molecule has 112 valence electrons. The van der Waals surface area contributed by atoms with Crippen molar-refractivity contribution in [3.8, 4) is 0 Å². The summed E-state index contributed by atoms with van der Waals surface area (Å²) in [6.07, 6.45) is -0.760. The topological polar surface area (TPSA) is 120 Å². The molecule has 0 spiro atoms. The number of rotatable bonds is 8. The maximum atomic E-state index is 11.1. The molecule has 1 aromatic rings. The van der Waals surface area contributed by atoms with Crippen molar-refractivity contribution in [3.63, 3.8) is 0 Å². The Hall–Kier alpha value is -2.16. The van der Waals surface area contributed by atoms with Crippen molar-refractivity contribution in [2.24, 2.45) is 0 Å². The molecule has 2 N–H and O–H groups in total. The Morgan fingerprint density at radius 3 is 2.75 bits per heavy atom. The number of hydrogen-bond acceptors (Lipinski definition) is 6. The van der Waals surface area contributed by atoms with E-state index in [-0.39, 0.29) is 24.5 Å². The van der Waals surface area contributed by atoms with E-state index in [0.717, 1.165) is 0 Å². The van der Waals surface area contributed by atoms with E-state index in [4.69, 9.17) is 9.84 Å². The van der Waals surface area contributed by atoms with Crippen LogP contribution in [-0.2, 0) is 16.1 Å². The number of carbonyl (C=O) groups is 1. The molecule has 1 rings (SSSR count). The molecule has 0 radical (unpaired) electrons. The Balaban J connectivity index is 2.90. The molecule has 0 fully saturated rings. The first-order valence-electron chi connectivity index (χ1n) is 6.10. The van der Waals surface area contributed by atoms with Gasteiger partial charge in [0.15, 0.2) is 0 Å². The molecule has 0 aliphatic heterocycles. The molecule has 0 aromatic carbocycles. The highest BCUT2D eigenvalue weighted by Gasteiger charge is 2.25. The molecule has 0 saturated heterocycles. The van der Waals surface area contributed by atoms with E-state index in [0.29, 0.717) is 12.2 Å². The second-order valence-electron chi connectivity index (χ2n) is 4.19. The van der Waals surface area contributed by atoms with Gasteiger partial charge in [-0.25, -0.2) is 4.68 Å². The lowest BCUT2D eigenvalue weighted by Crippen LogP contribution is -2.26. The largest absolute Gasteiger partial charge is 0.481 e. The number of nitro groups is 1. The van der Waals surface area contributed by atoms with Gasteiger partial charge in [0.1, 0.15) is 5.69 Å². The first-order chi connectivity index (χ1) is 9.40. The molecule has 9 nitrogen and oxygen atoms in total. The number of carboxylic acid groups (broad SMARTS) is 1. The summed E-state index contributed by atoms with van der Waals surface area (Å²) < 4.78 is 6.49. The zero-order chi connectivity index (χ0) is 15.3. The number of aliphatic carboxylic acids is 1. The van der Waals surface area contributed by atoms with Crippen molar-refractivity contribution in [3.05, 3.63) is 15.8 Å². The molecule has 0 bridgehead atoms. The maximum Gasteiger partial charge on any atom is 0.333 e. The summed E-state index contributed by atoms with van der Waals surface area (Å²) >= 11 is 0. The summed E-state index contributed by atoms with van der Waals surface area (Å²) in [5.74, 6) is -0.726. The van der Waals surface area contributed by atoms with E-state index >= 15 is 0 Å². The Labute approximate surface area is 115 Å². The number of aromatic nitrogens is 2. The highest BCUT2D eigenvalue weighted by atomic mass is 16.6. The van der Waals surface area contributed by atoms with Gasteiger partial charge in [-0.2, -0.15) is 5.10 Å². The molecule has 0 saturated carbocycles. The number of hydrogen-bond donors (Lipinski definition) is 2. The number of ether oxygens (including phenoxy) is 1. The highest BCUT2D eigenvalue weighted by Crippen LogP contribution is 2.28. The van der Waals surface area contributed by atoms with Gasteiger partial charge < -0.3 is 15.2 Å². The molecule has 0 aliphatic rings. The van der Waals surface area contributed by atoms with Gasteiger partial charge in [0.05, 0.1) is 17.4 Å². The van der Waals surface area contributed by atoms with Crippen LogP contribution in [-0.4, -0.2) is 45.5 Å². The molecule has 9 heteroatoms. The predicted molar refractivity (Wildman–Crippen MR) is 70.8 cm³/mol. The number of aryl methyl sites for hydroxylation is 2. The fourth-order valence-corrected chi connectivity index (χ4v) is 1.84. The van der Waals surface area contributed by atoms with E-state index in [1.807, 2.05) is 6.92 Å². The van der Waals surface area contributed by atoms with Gasteiger partial charge in [-0.3, -0.25) is 14.9 Å². The lowest BCUT2D eigenvalue weighted by Gasteiger charge is -2.14. The smallest absolute Gasteiger partial charge is 0.333 e. The monoisotopic (exact) mass is 286 g/mol. The van der Waals surface area contributed by atoms with E-state index in [2.05, 4.69) is 10.4 Å². The fraction of sp³-hybridized carbons (Fsp3) is 0.636. The van der Waals surface area contributed by atoms with Crippen molar-refractivity contribution in [2.45, 2.75) is 32.9 Å². The van der Waals surface area contributed by atoms with E-state index in [9.17, 15) is 14.9 Å². The fourth-order valence-electron chi connectivity index (χ4n) is 1.84. The second-order valence-corrected chi connectivity index (χ2v) is 4.19. The average molecular weight is 286 g/mol. The molecule has 1 aromatic heterocycles. The Morgan fingerprint density at radius 2 is 2.30 bits per heavy atom. The highest BCUT2D eigenvalue weighted by molar-refractivity contribution is 5.67. The van der Waals surface area contributed by atoms with E-state index in [1.54, 1.807) is 6.92 Å². The quantitative estimate of drug-likeness (QED) is 0.540. The zero-order valence-electron chi connectivity index (χ0n) is 11.6. The van der Waals surface area contributed by atoms with E-state index in [1.165, 1.54) is 11.8 Å². The van der Waals surface area contributed by atoms with Crippen LogP contribution in [0.15, 0.2) is 0 Å². The summed E-state index contributed by atoms with van der Waals surface area (Å²) in [5, 5.41) is 26.7. The SMILES string of the molecule is CCn1nc(C)c([N+](=O)[O-])c1NCC(CC(=O)O)OC. The molecular formula is C11H18N4O5. The number of carboxylic acids is 1. The van der Waals surface area contributed by atoms with E-state index < -0.39 is 17.0 Å². The van der Waals surface area contributed by atoms with Gasteiger partial charge >= 0.3 is 11.7 Å². The van der Waals surface area contributed by atoms with Crippen molar-refractivity contribution in [2.75, 3.05) is 19.0 Å². The predicted octanol–water partition coefficient (Wildman–Crippen LogP) is 1.02. The van der Waals surface area contributed by atoms with Gasteiger partial charge in [-0.1, -0.05) is 0 Å². The summed E-state index contributed by atoms with van der Waals surface area (Å²) in [6, 6.07) is 0. The van der Waals surface area contributed by atoms with Crippen LogP contribution in [0.3, 0.4) is 0 Å². The third-order valence-electron chi connectivity index (χ3n) is 2.81. The Morgan fingerprint density at radius 1 is 1.65 bits per heavy atom. The van der Waals surface area contributed by atoms with Crippen LogP contribution in [0, 0.1) is 17.0 Å². The van der Waals surface area contributed by atoms with Crippen LogP contribution in [0.4, 0.5) is 11.5 Å². The normalized spacial score (nSPS) is 12.2. The van der Waals surface area contributed by atoms with Crippen molar-refractivity contribution >= 4 is 17.5 Å². The molecule has 0 aliphatic carbocycles. The standard InChI is InChI=1S/C11H18N4O5/c1-4-14-11(10(15(18)19)7(2)13-14)12-6-8(20-3)5-9(16)17/h8,12H,4-6H2,1-3H3,(H,16,17). The number of anilines is 1. The molecule has 1 heterocycles. The maximum absolute atomic E-state index is 11.1. The summed E-state index contributed by atoms with van der Waals surface area (Å²) in [5.41, 5.74) is 0.212. The molecule has 1 unspecified atom stereocenters. The number of nitrogens with zero attached hydrogens (tertiary/aromatic N) is 3. The minimum Gasteiger partial charge on any atom is -0.481 e. The van der Waals surface area contributed by atoms with Gasteiger partial charge in [-0.05, 0) is 13.8 Å². The van der Waals surface area contributed by atoms with Crippen LogP contribution in [0.25, 0.3) is 0 Å². The molecule has 20 heavy (non-hydrogen) atoms. The van der Waals surface area contributed by atoms with Gasteiger partial charge in [0, 0.05) is 20.2 Å². The zero-order valence-corrected chi connectivity index (χ0v) is 11.6. The van der Waals surface area contributed by atoms with Crippen molar-refractivity contribution < 1.29 is 19.6 Å². The first kappa shape index (κ1) is 15.9. The average Bonchev–Trinajstić information content (AvgIpc) is 2.70. The summed E-state index contributed by atoms with van der Waals surface area (Å²) in [4.78, 5) is 21.2. The molecular weight excluding hydrogens is 268 g/mol. The molecule has 0 amide bonds. The third kappa shape index (κ3) is 3.67. The van der Waals surface area contributed by atoms with Crippen molar-refractivity contribution in [1.29, 1.82) is 0 Å². The van der Waals surface area contributed by atoms with Crippen LogP contribution >= 0.6 is 0 Å². The number of methoxy groups -OCH3 is 1. The van der Waals surface area contributed by atoms with Crippen LogP contribution in [0.2, 0.25) is 0 Å². The molecule has 1 atom stereocenters. The van der Waals surface area contributed by atoms with Crippen LogP contribution in [0.5, 0.6) is 0 Å². The Bertz CT molecular complexity index is 499. The Kier molecular flexibility index (Phi) is 5.44. The lowest BCUT2D eigenvalue weighted by atomic mass is 10.2. The summed E-state index contributed by atoms with van der Waals surface area (Å²) in [6.45, 7) is 3.98. The van der Waals surface area contributed by atoms with Gasteiger partial charge in [-0.15, -0.1) is 0 Å². The lowest BCUT2D eigenvalue weighted by molar-refractivity contribution is -0.384. The van der Waals surface area contributed by atoms with Crippen LogP contribution in [0.1, 0.15) is 19.0 Å².